The normalized spacial score (nSPS) is 11.1. The lowest BCUT2D eigenvalue weighted by molar-refractivity contribution is 0.0953. The molecular weight excluding hydrogens is 320 g/mol. The maximum atomic E-state index is 12.1. The van der Waals surface area contributed by atoms with Gasteiger partial charge in [-0.25, -0.2) is 8.42 Å². The van der Waals surface area contributed by atoms with E-state index in [1.165, 1.54) is 0 Å². The van der Waals surface area contributed by atoms with Crippen LogP contribution in [0.1, 0.15) is 30.1 Å². The summed E-state index contributed by atoms with van der Waals surface area (Å²) in [5, 5.41) is 4.52. The average Bonchev–Trinajstić information content (AvgIpc) is 3.03. The number of hydrogen-bond donors (Lipinski definition) is 2. The smallest absolute Gasteiger partial charge is 0.271 e. The van der Waals surface area contributed by atoms with Gasteiger partial charge in [-0.05, 0) is 42.1 Å². The Kier molecular flexibility index (Phi) is 5.57. The summed E-state index contributed by atoms with van der Waals surface area (Å²) in [6.07, 6.45) is 1.95. The Morgan fingerprint density at radius 2 is 1.91 bits per heavy atom. The van der Waals surface area contributed by atoms with Crippen molar-refractivity contribution >= 4 is 33.0 Å². The highest BCUT2D eigenvalue weighted by atomic mass is 32.2. The van der Waals surface area contributed by atoms with Crippen LogP contribution in [-0.4, -0.2) is 20.9 Å². The van der Waals surface area contributed by atoms with Gasteiger partial charge in [0.1, 0.15) is 4.21 Å². The van der Waals surface area contributed by atoms with Crippen LogP contribution >= 0.6 is 11.3 Å². The van der Waals surface area contributed by atoms with E-state index >= 15 is 0 Å². The zero-order chi connectivity index (χ0) is 16.0. The van der Waals surface area contributed by atoms with Gasteiger partial charge in [0.2, 0.25) is 0 Å². The molecule has 5 nitrogen and oxygen atoms in total. The Labute approximate surface area is 134 Å². The van der Waals surface area contributed by atoms with Crippen LogP contribution < -0.4 is 10.0 Å². The van der Waals surface area contributed by atoms with Crippen LogP contribution in [0.25, 0.3) is 0 Å². The summed E-state index contributed by atoms with van der Waals surface area (Å²) in [5.74, 6) is -0.152. The van der Waals surface area contributed by atoms with Gasteiger partial charge >= 0.3 is 0 Å². The summed E-state index contributed by atoms with van der Waals surface area (Å²) in [6, 6.07) is 9.60. The molecule has 2 rings (SSSR count). The van der Waals surface area contributed by atoms with Crippen LogP contribution in [-0.2, 0) is 10.0 Å². The minimum Gasteiger partial charge on any atom is -0.352 e. The van der Waals surface area contributed by atoms with Crippen molar-refractivity contribution in [1.82, 2.24) is 5.32 Å². The molecule has 0 spiro atoms. The summed E-state index contributed by atoms with van der Waals surface area (Å²) < 4.78 is 26.9. The number of sulfonamides is 1. The summed E-state index contributed by atoms with van der Waals surface area (Å²) in [7, 11) is -3.55. The fraction of sp³-hybridized carbons (Fsp3) is 0.267. The van der Waals surface area contributed by atoms with Crippen molar-refractivity contribution in [3.63, 3.8) is 0 Å². The number of carbonyl (C=O) groups excluding carboxylic acids is 1. The second kappa shape index (κ2) is 7.42. The molecule has 0 saturated heterocycles. The first-order valence-electron chi connectivity index (χ1n) is 6.97. The first-order valence-corrected chi connectivity index (χ1v) is 9.34. The second-order valence-corrected chi connectivity index (χ2v) is 7.58. The molecule has 0 aliphatic rings. The van der Waals surface area contributed by atoms with Crippen LogP contribution in [0.4, 0.5) is 5.69 Å². The predicted molar refractivity (Wildman–Crippen MR) is 88.8 cm³/mol. The molecule has 0 saturated carbocycles. The Bertz CT molecular complexity index is 708. The molecule has 0 atom stereocenters. The third-order valence-corrected chi connectivity index (χ3v) is 5.75. The topological polar surface area (TPSA) is 75.3 Å². The summed E-state index contributed by atoms with van der Waals surface area (Å²) in [5.41, 5.74) is 0.939. The molecule has 2 aromatic rings. The molecule has 2 N–H and O–H groups in total. The Morgan fingerprint density at radius 1 is 1.18 bits per heavy atom. The SMILES string of the molecule is CCCCNC(=O)c1ccc(NS(=O)(=O)c2cccs2)cc1. The van der Waals surface area contributed by atoms with Crippen molar-refractivity contribution in [2.75, 3.05) is 11.3 Å². The van der Waals surface area contributed by atoms with E-state index < -0.39 is 10.0 Å². The number of hydrogen-bond acceptors (Lipinski definition) is 4. The number of anilines is 1. The van der Waals surface area contributed by atoms with Crippen LogP contribution in [0.3, 0.4) is 0 Å². The highest BCUT2D eigenvalue weighted by Crippen LogP contribution is 2.20. The van der Waals surface area contributed by atoms with Gasteiger partial charge in [0.05, 0.1) is 0 Å². The van der Waals surface area contributed by atoms with Crippen molar-refractivity contribution < 1.29 is 13.2 Å². The number of rotatable bonds is 7. The number of thiophene rings is 1. The molecule has 1 aromatic carbocycles. The molecule has 0 radical (unpaired) electrons. The second-order valence-electron chi connectivity index (χ2n) is 4.72. The Balaban J connectivity index is 2.02. The van der Waals surface area contributed by atoms with Crippen molar-refractivity contribution in [2.45, 2.75) is 24.0 Å². The highest BCUT2D eigenvalue weighted by molar-refractivity contribution is 7.94. The molecule has 1 heterocycles. The number of nitrogens with one attached hydrogen (secondary N) is 2. The monoisotopic (exact) mass is 338 g/mol. The van der Waals surface area contributed by atoms with E-state index in [4.69, 9.17) is 0 Å². The fourth-order valence-electron chi connectivity index (χ4n) is 1.79. The predicted octanol–water partition coefficient (Wildman–Crippen LogP) is 3.08. The fourth-order valence-corrected chi connectivity index (χ4v) is 3.84. The van der Waals surface area contributed by atoms with Gasteiger partial charge < -0.3 is 5.32 Å². The minimum absolute atomic E-state index is 0.152. The van der Waals surface area contributed by atoms with Gasteiger partial charge in [-0.15, -0.1) is 11.3 Å². The summed E-state index contributed by atoms with van der Waals surface area (Å²) >= 11 is 1.15. The van der Waals surface area contributed by atoms with Gasteiger partial charge in [0.25, 0.3) is 15.9 Å². The van der Waals surface area contributed by atoms with E-state index in [2.05, 4.69) is 17.0 Å². The summed E-state index contributed by atoms with van der Waals surface area (Å²) in [6.45, 7) is 2.70. The molecule has 0 fully saturated rings. The van der Waals surface area contributed by atoms with E-state index in [1.807, 2.05) is 0 Å². The molecule has 0 bridgehead atoms. The summed E-state index contributed by atoms with van der Waals surface area (Å²) in [4.78, 5) is 11.9. The maximum absolute atomic E-state index is 12.1. The number of unbranched alkanes of at least 4 members (excludes halogenated alkanes) is 1. The molecule has 0 aliphatic heterocycles. The third-order valence-electron chi connectivity index (χ3n) is 2.98. The van der Waals surface area contributed by atoms with Crippen LogP contribution in [0.5, 0.6) is 0 Å². The Hall–Kier alpha value is -1.86. The van der Waals surface area contributed by atoms with E-state index in [9.17, 15) is 13.2 Å². The van der Waals surface area contributed by atoms with Gasteiger partial charge in [0, 0.05) is 17.8 Å². The number of carbonyl (C=O) groups is 1. The molecule has 1 amide bonds. The molecule has 22 heavy (non-hydrogen) atoms. The molecule has 1 aromatic heterocycles. The van der Waals surface area contributed by atoms with Gasteiger partial charge in [-0.1, -0.05) is 19.4 Å². The van der Waals surface area contributed by atoms with E-state index in [0.717, 1.165) is 24.2 Å². The standard InChI is InChI=1S/C15H18N2O3S2/c1-2-3-10-16-15(18)12-6-8-13(9-7-12)17-22(19,20)14-5-4-11-21-14/h4-9,11,17H,2-3,10H2,1H3,(H,16,18). The lowest BCUT2D eigenvalue weighted by Gasteiger charge is -2.08. The Morgan fingerprint density at radius 3 is 2.50 bits per heavy atom. The van der Waals surface area contributed by atoms with Crippen molar-refractivity contribution in [3.8, 4) is 0 Å². The van der Waals surface area contributed by atoms with Gasteiger partial charge in [-0.2, -0.15) is 0 Å². The molecule has 0 aliphatic carbocycles. The van der Waals surface area contributed by atoms with Crippen LogP contribution in [0.15, 0.2) is 46.0 Å². The minimum atomic E-state index is -3.55. The van der Waals surface area contributed by atoms with Gasteiger partial charge in [-0.3, -0.25) is 9.52 Å². The number of amides is 1. The third kappa shape index (κ3) is 4.32. The van der Waals surface area contributed by atoms with Crippen molar-refractivity contribution in [2.24, 2.45) is 0 Å². The van der Waals surface area contributed by atoms with E-state index in [0.29, 0.717) is 17.8 Å². The molecule has 0 unspecified atom stereocenters. The highest BCUT2D eigenvalue weighted by Gasteiger charge is 2.15. The average molecular weight is 338 g/mol. The first kappa shape index (κ1) is 16.5. The molecular formula is C15H18N2O3S2. The van der Waals surface area contributed by atoms with E-state index in [-0.39, 0.29) is 10.1 Å². The largest absolute Gasteiger partial charge is 0.352 e. The lowest BCUT2D eigenvalue weighted by atomic mass is 10.2. The first-order chi connectivity index (χ1) is 10.5. The quantitative estimate of drug-likeness (QED) is 0.762. The van der Waals surface area contributed by atoms with Crippen molar-refractivity contribution in [3.05, 3.63) is 47.3 Å². The van der Waals surface area contributed by atoms with Gasteiger partial charge in [0.15, 0.2) is 0 Å². The lowest BCUT2D eigenvalue weighted by Crippen LogP contribution is -2.24. The molecule has 7 heteroatoms. The van der Waals surface area contributed by atoms with Crippen LogP contribution in [0, 0.1) is 0 Å². The van der Waals surface area contributed by atoms with Crippen molar-refractivity contribution in [1.29, 1.82) is 0 Å². The van der Waals surface area contributed by atoms with E-state index in [1.54, 1.807) is 41.8 Å². The zero-order valence-electron chi connectivity index (χ0n) is 12.2. The zero-order valence-corrected chi connectivity index (χ0v) is 13.8. The molecule has 118 valence electrons. The maximum Gasteiger partial charge on any atom is 0.271 e. The number of benzene rings is 1. The van der Waals surface area contributed by atoms with Crippen LogP contribution in [0.2, 0.25) is 0 Å².